The highest BCUT2D eigenvalue weighted by molar-refractivity contribution is 6.32. The van der Waals surface area contributed by atoms with Crippen LogP contribution in [0.3, 0.4) is 0 Å². The molecule has 1 heterocycles. The number of carbonyl (C=O) groups is 1. The number of hydrogen-bond donors (Lipinski definition) is 0. The van der Waals surface area contributed by atoms with Crippen molar-refractivity contribution in [2.75, 3.05) is 7.11 Å². The summed E-state index contributed by atoms with van der Waals surface area (Å²) in [7, 11) is 1.34. The maximum atomic E-state index is 12.2. The first-order valence-corrected chi connectivity index (χ1v) is 10.6. The minimum Gasteiger partial charge on any atom is -0.487 e. The van der Waals surface area contributed by atoms with Gasteiger partial charge in [0.05, 0.1) is 17.8 Å². The van der Waals surface area contributed by atoms with Crippen LogP contribution in [0.1, 0.15) is 21.6 Å². The molecule has 0 aliphatic carbocycles. The predicted octanol–water partition coefficient (Wildman–Crippen LogP) is 6.74. The van der Waals surface area contributed by atoms with Crippen molar-refractivity contribution in [2.45, 2.75) is 13.5 Å². The Hall–Kier alpha value is -3.63. The third-order valence-electron chi connectivity index (χ3n) is 5.17. The fourth-order valence-electron chi connectivity index (χ4n) is 3.49. The zero-order chi connectivity index (χ0) is 22.5. The molecule has 32 heavy (non-hydrogen) atoms. The number of pyridine rings is 1. The summed E-state index contributed by atoms with van der Waals surface area (Å²) in [6.45, 7) is 2.44. The molecule has 0 aliphatic heterocycles. The Morgan fingerprint density at radius 1 is 0.906 bits per heavy atom. The van der Waals surface area contributed by atoms with Crippen LogP contribution in [0.25, 0.3) is 22.4 Å². The summed E-state index contributed by atoms with van der Waals surface area (Å²) in [4.78, 5) is 16.8. The van der Waals surface area contributed by atoms with Gasteiger partial charge in [-0.3, -0.25) is 0 Å². The van der Waals surface area contributed by atoms with Gasteiger partial charge < -0.3 is 9.47 Å². The van der Waals surface area contributed by atoms with Gasteiger partial charge in [-0.15, -0.1) is 0 Å². The molecule has 160 valence electrons. The molecular weight excluding hydrogens is 422 g/mol. The molecule has 0 N–H and O–H groups in total. The summed E-state index contributed by atoms with van der Waals surface area (Å²) >= 11 is 6.42. The van der Waals surface area contributed by atoms with E-state index < -0.39 is 5.97 Å². The van der Waals surface area contributed by atoms with Crippen molar-refractivity contribution < 1.29 is 14.3 Å². The van der Waals surface area contributed by atoms with E-state index in [1.54, 1.807) is 12.1 Å². The molecule has 0 atom stereocenters. The second-order valence-electron chi connectivity index (χ2n) is 7.32. The largest absolute Gasteiger partial charge is 0.487 e. The Morgan fingerprint density at radius 2 is 1.66 bits per heavy atom. The lowest BCUT2D eigenvalue weighted by Gasteiger charge is -2.15. The molecule has 4 rings (SSSR count). The van der Waals surface area contributed by atoms with Crippen LogP contribution in [-0.4, -0.2) is 18.1 Å². The zero-order valence-corrected chi connectivity index (χ0v) is 18.6. The van der Waals surface area contributed by atoms with Crippen LogP contribution >= 0.6 is 11.6 Å². The molecule has 5 heteroatoms. The summed E-state index contributed by atoms with van der Waals surface area (Å²) < 4.78 is 10.9. The Kier molecular flexibility index (Phi) is 6.52. The van der Waals surface area contributed by atoms with Crippen LogP contribution in [0.5, 0.6) is 5.75 Å². The zero-order valence-electron chi connectivity index (χ0n) is 17.8. The van der Waals surface area contributed by atoms with Crippen molar-refractivity contribution in [1.82, 2.24) is 4.98 Å². The molecular formula is C27H22ClNO3. The fraction of sp³-hybridized carbons (Fsp3) is 0.111. The van der Waals surface area contributed by atoms with Crippen LogP contribution in [0, 0.1) is 6.92 Å². The van der Waals surface area contributed by atoms with Crippen molar-refractivity contribution in [3.8, 4) is 28.1 Å². The number of aryl methyl sites for hydroxylation is 1. The molecule has 0 fully saturated rings. The minimum atomic E-state index is -0.489. The molecule has 0 aliphatic rings. The molecule has 0 saturated carbocycles. The van der Waals surface area contributed by atoms with Crippen molar-refractivity contribution in [3.05, 3.63) is 107 Å². The van der Waals surface area contributed by atoms with Gasteiger partial charge in [0.2, 0.25) is 0 Å². The van der Waals surface area contributed by atoms with Crippen LogP contribution in [-0.2, 0) is 11.3 Å². The van der Waals surface area contributed by atoms with E-state index in [1.165, 1.54) is 7.11 Å². The number of carbonyl (C=O) groups excluding carboxylic acids is 1. The van der Waals surface area contributed by atoms with Crippen LogP contribution in [0.15, 0.2) is 84.9 Å². The SMILES string of the molecule is COC(=O)c1ccc(-c2ccccc2C)c(-c2ccc(Cl)c(OCc3ccccc3)c2)n1. The molecule has 0 amide bonds. The summed E-state index contributed by atoms with van der Waals surface area (Å²) in [6, 6.07) is 27.0. The van der Waals surface area contributed by atoms with Gasteiger partial charge in [-0.25, -0.2) is 9.78 Å². The lowest BCUT2D eigenvalue weighted by Crippen LogP contribution is -2.06. The normalized spacial score (nSPS) is 10.6. The van der Waals surface area contributed by atoms with E-state index >= 15 is 0 Å². The number of esters is 1. The summed E-state index contributed by atoms with van der Waals surface area (Å²) in [5.74, 6) is 0.0612. The van der Waals surface area contributed by atoms with Crippen molar-refractivity contribution >= 4 is 17.6 Å². The standard InChI is InChI=1S/C27H22ClNO3/c1-18-8-6-7-11-21(18)22-13-15-24(27(30)31-2)29-26(22)20-12-14-23(28)25(16-20)32-17-19-9-4-3-5-10-19/h3-16H,17H2,1-2H3. The number of aromatic nitrogens is 1. The number of halogens is 1. The van der Waals surface area contributed by atoms with E-state index in [0.717, 1.165) is 27.8 Å². The number of nitrogens with zero attached hydrogens (tertiary/aromatic N) is 1. The van der Waals surface area contributed by atoms with Gasteiger partial charge in [0.15, 0.2) is 0 Å². The summed E-state index contributed by atoms with van der Waals surface area (Å²) in [5.41, 5.74) is 5.78. The van der Waals surface area contributed by atoms with Gasteiger partial charge in [0.25, 0.3) is 0 Å². The van der Waals surface area contributed by atoms with E-state index in [4.69, 9.17) is 21.1 Å². The van der Waals surface area contributed by atoms with Crippen LogP contribution in [0.4, 0.5) is 0 Å². The van der Waals surface area contributed by atoms with Gasteiger partial charge in [-0.1, -0.05) is 72.3 Å². The van der Waals surface area contributed by atoms with Gasteiger partial charge in [-0.2, -0.15) is 0 Å². The van der Waals surface area contributed by atoms with Crippen molar-refractivity contribution in [2.24, 2.45) is 0 Å². The predicted molar refractivity (Wildman–Crippen MR) is 127 cm³/mol. The maximum absolute atomic E-state index is 12.2. The Bertz CT molecular complexity index is 1250. The first-order valence-electron chi connectivity index (χ1n) is 10.2. The lowest BCUT2D eigenvalue weighted by molar-refractivity contribution is 0.0594. The number of rotatable bonds is 6. The Morgan fingerprint density at radius 3 is 2.41 bits per heavy atom. The highest BCUT2D eigenvalue weighted by Crippen LogP contribution is 2.36. The lowest BCUT2D eigenvalue weighted by atomic mass is 9.95. The van der Waals surface area contributed by atoms with Crippen molar-refractivity contribution in [3.63, 3.8) is 0 Å². The Balaban J connectivity index is 1.79. The monoisotopic (exact) mass is 443 g/mol. The second kappa shape index (κ2) is 9.67. The molecule has 4 aromatic rings. The van der Waals surface area contributed by atoms with E-state index in [0.29, 0.717) is 23.1 Å². The molecule has 0 spiro atoms. The number of methoxy groups -OCH3 is 1. The van der Waals surface area contributed by atoms with E-state index in [2.05, 4.69) is 4.98 Å². The van der Waals surface area contributed by atoms with Gasteiger partial charge in [0.1, 0.15) is 18.1 Å². The van der Waals surface area contributed by atoms with Gasteiger partial charge >= 0.3 is 5.97 Å². The minimum absolute atomic E-state index is 0.238. The average molecular weight is 444 g/mol. The Labute approximate surface area is 192 Å². The van der Waals surface area contributed by atoms with Crippen LogP contribution in [0.2, 0.25) is 5.02 Å². The number of benzene rings is 3. The first kappa shape index (κ1) is 21.6. The van der Waals surface area contributed by atoms with E-state index in [-0.39, 0.29) is 5.69 Å². The van der Waals surface area contributed by atoms with E-state index in [1.807, 2.05) is 79.7 Å². The third kappa shape index (κ3) is 4.66. The number of hydrogen-bond acceptors (Lipinski definition) is 4. The average Bonchev–Trinajstić information content (AvgIpc) is 2.84. The smallest absolute Gasteiger partial charge is 0.356 e. The topological polar surface area (TPSA) is 48.4 Å². The van der Waals surface area contributed by atoms with Gasteiger partial charge in [-0.05, 0) is 47.9 Å². The number of ether oxygens (including phenoxy) is 2. The van der Waals surface area contributed by atoms with E-state index in [9.17, 15) is 4.79 Å². The summed E-state index contributed by atoms with van der Waals surface area (Å²) in [6.07, 6.45) is 0. The molecule has 0 unspecified atom stereocenters. The summed E-state index contributed by atoms with van der Waals surface area (Å²) in [5, 5.41) is 0.506. The quantitative estimate of drug-likeness (QED) is 0.309. The van der Waals surface area contributed by atoms with Crippen LogP contribution < -0.4 is 4.74 Å². The highest BCUT2D eigenvalue weighted by Gasteiger charge is 2.17. The van der Waals surface area contributed by atoms with Crippen molar-refractivity contribution in [1.29, 1.82) is 0 Å². The second-order valence-corrected chi connectivity index (χ2v) is 7.73. The highest BCUT2D eigenvalue weighted by atomic mass is 35.5. The fourth-order valence-corrected chi connectivity index (χ4v) is 3.66. The molecule has 0 radical (unpaired) electrons. The molecule has 1 aromatic heterocycles. The molecule has 4 nitrogen and oxygen atoms in total. The maximum Gasteiger partial charge on any atom is 0.356 e. The third-order valence-corrected chi connectivity index (χ3v) is 5.48. The molecule has 0 bridgehead atoms. The molecule has 3 aromatic carbocycles. The van der Waals surface area contributed by atoms with Gasteiger partial charge in [0, 0.05) is 11.1 Å². The molecule has 0 saturated heterocycles. The first-order chi connectivity index (χ1) is 15.6.